The van der Waals surface area contributed by atoms with Crippen LogP contribution in [0.25, 0.3) is 0 Å². The summed E-state index contributed by atoms with van der Waals surface area (Å²) in [6.45, 7) is 11.7. The zero-order valence-corrected chi connectivity index (χ0v) is 12.6. The predicted molar refractivity (Wildman–Crippen MR) is 77.8 cm³/mol. The average molecular weight is 267 g/mol. The molecule has 0 unspecified atom stereocenters. The third-order valence-corrected chi connectivity index (χ3v) is 2.07. The van der Waals surface area contributed by atoms with E-state index in [2.05, 4.69) is 53.3 Å². The third-order valence-electron chi connectivity index (χ3n) is 2.07. The maximum absolute atomic E-state index is 5.49. The number of hydrogen-bond acceptors (Lipinski definition) is 6. The lowest BCUT2D eigenvalue weighted by Gasteiger charge is -2.20. The monoisotopic (exact) mass is 267 g/mol. The quantitative estimate of drug-likeness (QED) is 0.791. The summed E-state index contributed by atoms with van der Waals surface area (Å²) in [7, 11) is 0. The highest BCUT2D eigenvalue weighted by Crippen LogP contribution is 2.15. The number of anilines is 2. The van der Waals surface area contributed by atoms with Crippen LogP contribution in [0.1, 0.15) is 47.5 Å². The first-order valence-electron chi connectivity index (χ1n) is 6.85. The number of nitrogens with one attached hydrogen (secondary N) is 2. The highest BCUT2D eigenvalue weighted by atomic mass is 16.5. The Bertz CT molecular complexity index is 363. The van der Waals surface area contributed by atoms with Crippen LogP contribution in [-0.2, 0) is 0 Å². The minimum absolute atomic E-state index is 0.106. The Kier molecular flexibility index (Phi) is 5.79. The molecule has 1 aromatic heterocycles. The number of hydrogen-bond donors (Lipinski definition) is 2. The van der Waals surface area contributed by atoms with Gasteiger partial charge in [0.15, 0.2) is 0 Å². The second-order valence-electron chi connectivity index (χ2n) is 5.42. The molecule has 6 nitrogen and oxygen atoms in total. The van der Waals surface area contributed by atoms with Gasteiger partial charge in [0.05, 0.1) is 6.61 Å². The standard InChI is InChI=1S/C13H25N5O/c1-6-8-14-10-15-11(18-13(3,4)5)17-12(16-10)19-9-7-2/h6-9H2,1-5H3,(H2,14,15,16,17,18). The first-order valence-corrected chi connectivity index (χ1v) is 6.85. The van der Waals surface area contributed by atoms with Crippen LogP contribution < -0.4 is 15.4 Å². The van der Waals surface area contributed by atoms with Gasteiger partial charge in [0.2, 0.25) is 11.9 Å². The van der Waals surface area contributed by atoms with Crippen molar-refractivity contribution in [2.45, 2.75) is 53.0 Å². The smallest absolute Gasteiger partial charge is 0.323 e. The first-order chi connectivity index (χ1) is 8.94. The van der Waals surface area contributed by atoms with E-state index in [1.165, 1.54) is 0 Å². The molecule has 0 aromatic carbocycles. The van der Waals surface area contributed by atoms with Gasteiger partial charge in [0, 0.05) is 12.1 Å². The molecule has 0 aliphatic heterocycles. The van der Waals surface area contributed by atoms with Gasteiger partial charge < -0.3 is 15.4 Å². The lowest BCUT2D eigenvalue weighted by atomic mass is 10.1. The average Bonchev–Trinajstić information content (AvgIpc) is 2.31. The topological polar surface area (TPSA) is 72.0 Å². The van der Waals surface area contributed by atoms with Crippen molar-refractivity contribution in [3.8, 4) is 6.01 Å². The van der Waals surface area contributed by atoms with Crippen molar-refractivity contribution in [2.24, 2.45) is 0 Å². The van der Waals surface area contributed by atoms with Gasteiger partial charge in [-0.1, -0.05) is 13.8 Å². The number of rotatable bonds is 7. The van der Waals surface area contributed by atoms with Gasteiger partial charge in [-0.25, -0.2) is 0 Å². The lowest BCUT2D eigenvalue weighted by Crippen LogP contribution is -2.28. The van der Waals surface area contributed by atoms with E-state index < -0.39 is 0 Å². The van der Waals surface area contributed by atoms with Crippen LogP contribution in [0.4, 0.5) is 11.9 Å². The Hall–Kier alpha value is -1.59. The summed E-state index contributed by atoms with van der Waals surface area (Å²) in [4.78, 5) is 12.9. The second kappa shape index (κ2) is 7.11. The summed E-state index contributed by atoms with van der Waals surface area (Å²) in [5.41, 5.74) is -0.106. The summed E-state index contributed by atoms with van der Waals surface area (Å²) < 4.78 is 5.49. The number of ether oxygens (including phenoxy) is 1. The van der Waals surface area contributed by atoms with Crippen LogP contribution in [0, 0.1) is 0 Å². The van der Waals surface area contributed by atoms with E-state index in [0.29, 0.717) is 24.5 Å². The lowest BCUT2D eigenvalue weighted by molar-refractivity contribution is 0.292. The molecule has 0 atom stereocenters. The van der Waals surface area contributed by atoms with Crippen LogP contribution in [0.2, 0.25) is 0 Å². The maximum Gasteiger partial charge on any atom is 0.323 e. The molecule has 19 heavy (non-hydrogen) atoms. The molecule has 0 saturated heterocycles. The third kappa shape index (κ3) is 6.22. The molecule has 1 heterocycles. The number of nitrogens with zero attached hydrogens (tertiary/aromatic N) is 3. The van der Waals surface area contributed by atoms with E-state index in [0.717, 1.165) is 19.4 Å². The van der Waals surface area contributed by atoms with Crippen molar-refractivity contribution in [3.63, 3.8) is 0 Å². The van der Waals surface area contributed by atoms with Crippen LogP contribution in [0.15, 0.2) is 0 Å². The van der Waals surface area contributed by atoms with Crippen molar-refractivity contribution in [2.75, 3.05) is 23.8 Å². The predicted octanol–water partition coefficient (Wildman–Crippen LogP) is 2.69. The van der Waals surface area contributed by atoms with Crippen LogP contribution in [0.5, 0.6) is 6.01 Å². The Morgan fingerprint density at radius 3 is 2.26 bits per heavy atom. The van der Waals surface area contributed by atoms with Crippen molar-refractivity contribution < 1.29 is 4.74 Å². The highest BCUT2D eigenvalue weighted by Gasteiger charge is 2.14. The molecule has 2 N–H and O–H groups in total. The van der Waals surface area contributed by atoms with E-state index in [1.54, 1.807) is 0 Å². The molecule has 1 rings (SSSR count). The molecule has 0 bridgehead atoms. The fourth-order valence-electron chi connectivity index (χ4n) is 1.32. The van der Waals surface area contributed by atoms with E-state index in [1.807, 2.05) is 6.92 Å². The number of aromatic nitrogens is 3. The maximum atomic E-state index is 5.49. The normalized spacial score (nSPS) is 11.2. The van der Waals surface area contributed by atoms with Crippen LogP contribution >= 0.6 is 0 Å². The Morgan fingerprint density at radius 1 is 1.00 bits per heavy atom. The summed E-state index contributed by atoms with van der Waals surface area (Å²) in [5.74, 6) is 1.09. The van der Waals surface area contributed by atoms with Gasteiger partial charge in [-0.15, -0.1) is 0 Å². The molecule has 1 aromatic rings. The van der Waals surface area contributed by atoms with Gasteiger partial charge in [0.1, 0.15) is 0 Å². The Morgan fingerprint density at radius 2 is 1.68 bits per heavy atom. The molecule has 0 aliphatic carbocycles. The van der Waals surface area contributed by atoms with Gasteiger partial charge in [-0.3, -0.25) is 0 Å². The summed E-state index contributed by atoms with van der Waals surface area (Å²) >= 11 is 0. The molecular weight excluding hydrogens is 242 g/mol. The van der Waals surface area contributed by atoms with E-state index in [9.17, 15) is 0 Å². The van der Waals surface area contributed by atoms with Crippen molar-refractivity contribution in [1.29, 1.82) is 0 Å². The molecule has 0 spiro atoms. The largest absolute Gasteiger partial charge is 0.463 e. The first kappa shape index (κ1) is 15.5. The van der Waals surface area contributed by atoms with E-state index in [4.69, 9.17) is 4.74 Å². The zero-order chi connectivity index (χ0) is 14.3. The van der Waals surface area contributed by atoms with Crippen molar-refractivity contribution >= 4 is 11.9 Å². The Balaban J connectivity index is 2.88. The van der Waals surface area contributed by atoms with E-state index in [-0.39, 0.29) is 5.54 Å². The zero-order valence-electron chi connectivity index (χ0n) is 12.6. The van der Waals surface area contributed by atoms with Gasteiger partial charge >= 0.3 is 6.01 Å². The second-order valence-corrected chi connectivity index (χ2v) is 5.42. The minimum Gasteiger partial charge on any atom is -0.463 e. The molecule has 108 valence electrons. The molecular formula is C13H25N5O. The van der Waals surface area contributed by atoms with Gasteiger partial charge in [-0.2, -0.15) is 15.0 Å². The van der Waals surface area contributed by atoms with Crippen LogP contribution in [0.3, 0.4) is 0 Å². The fourth-order valence-corrected chi connectivity index (χ4v) is 1.32. The molecule has 0 amide bonds. The minimum atomic E-state index is -0.106. The SMILES string of the molecule is CCCNc1nc(NC(C)(C)C)nc(OCCC)n1. The highest BCUT2D eigenvalue weighted by molar-refractivity contribution is 5.37. The van der Waals surface area contributed by atoms with Gasteiger partial charge in [0.25, 0.3) is 0 Å². The molecule has 0 aliphatic rings. The van der Waals surface area contributed by atoms with Crippen molar-refractivity contribution in [3.05, 3.63) is 0 Å². The van der Waals surface area contributed by atoms with E-state index >= 15 is 0 Å². The van der Waals surface area contributed by atoms with Gasteiger partial charge in [-0.05, 0) is 33.6 Å². The fraction of sp³-hybridized carbons (Fsp3) is 0.769. The molecule has 0 radical (unpaired) electrons. The van der Waals surface area contributed by atoms with Crippen molar-refractivity contribution in [1.82, 2.24) is 15.0 Å². The summed E-state index contributed by atoms with van der Waals surface area (Å²) in [5, 5.41) is 6.39. The van der Waals surface area contributed by atoms with Crippen LogP contribution in [-0.4, -0.2) is 33.6 Å². The Labute approximate surface area is 115 Å². The summed E-state index contributed by atoms with van der Waals surface area (Å²) in [6.07, 6.45) is 1.93. The summed E-state index contributed by atoms with van der Waals surface area (Å²) in [6, 6.07) is 0.363. The molecule has 0 fully saturated rings. The molecule has 6 heteroatoms. The molecule has 0 saturated carbocycles.